The summed E-state index contributed by atoms with van der Waals surface area (Å²) in [7, 11) is 0. The first-order chi connectivity index (χ1) is 7.66. The second-order valence-corrected chi connectivity index (χ2v) is 4.54. The maximum Gasteiger partial charge on any atom is 0.123 e. The second-order valence-electron chi connectivity index (χ2n) is 4.54. The molecule has 1 aromatic rings. The summed E-state index contributed by atoms with van der Waals surface area (Å²) in [6, 6.07) is 6.73. The average Bonchev–Trinajstić information content (AvgIpc) is 3.07. The lowest BCUT2D eigenvalue weighted by atomic mass is 10.0. The molecule has 1 atom stereocenters. The Morgan fingerprint density at radius 2 is 2.25 bits per heavy atom. The number of halogens is 1. The predicted octanol–water partition coefficient (Wildman–Crippen LogP) is 2.18. The highest BCUT2D eigenvalue weighted by Crippen LogP contribution is 2.45. The van der Waals surface area contributed by atoms with Crippen LogP contribution < -0.4 is 5.32 Å². The molecule has 88 valence electrons. The molecule has 0 aromatic heterocycles. The Bertz CT molecular complexity index is 363. The van der Waals surface area contributed by atoms with Gasteiger partial charge in [0.05, 0.1) is 6.10 Å². The van der Waals surface area contributed by atoms with Crippen molar-refractivity contribution in [3.05, 3.63) is 35.6 Å². The van der Waals surface area contributed by atoms with E-state index in [9.17, 15) is 9.50 Å². The Kier molecular flexibility index (Phi) is 3.26. The Balaban J connectivity index is 2.03. The molecule has 1 saturated carbocycles. The molecular formula is C13H18FNO. The number of aliphatic hydroxyl groups excluding tert-OH is 1. The fourth-order valence-corrected chi connectivity index (χ4v) is 1.94. The summed E-state index contributed by atoms with van der Waals surface area (Å²) in [6.45, 7) is 2.53. The third-order valence-electron chi connectivity index (χ3n) is 3.27. The number of hydrogen-bond donors (Lipinski definition) is 2. The van der Waals surface area contributed by atoms with Gasteiger partial charge < -0.3 is 10.4 Å². The first-order valence-corrected chi connectivity index (χ1v) is 5.85. The van der Waals surface area contributed by atoms with Crippen LogP contribution in [0.3, 0.4) is 0 Å². The van der Waals surface area contributed by atoms with Gasteiger partial charge in [-0.25, -0.2) is 4.39 Å². The molecule has 1 aliphatic carbocycles. The lowest BCUT2D eigenvalue weighted by molar-refractivity contribution is 0.161. The monoisotopic (exact) mass is 223 g/mol. The van der Waals surface area contributed by atoms with Gasteiger partial charge in [0.1, 0.15) is 5.82 Å². The minimum Gasteiger partial charge on any atom is -0.392 e. The van der Waals surface area contributed by atoms with Crippen molar-refractivity contribution < 1.29 is 9.50 Å². The smallest absolute Gasteiger partial charge is 0.123 e. The normalized spacial score (nSPS) is 19.4. The van der Waals surface area contributed by atoms with E-state index in [2.05, 4.69) is 5.32 Å². The number of rotatable bonds is 5. The van der Waals surface area contributed by atoms with Crippen molar-refractivity contribution in [2.45, 2.75) is 37.8 Å². The summed E-state index contributed by atoms with van der Waals surface area (Å²) < 4.78 is 13.1. The third-order valence-corrected chi connectivity index (χ3v) is 3.27. The van der Waals surface area contributed by atoms with E-state index in [4.69, 9.17) is 0 Å². The number of nitrogens with one attached hydrogen (secondary N) is 1. The van der Waals surface area contributed by atoms with Crippen molar-refractivity contribution in [3.8, 4) is 0 Å². The summed E-state index contributed by atoms with van der Waals surface area (Å²) in [5.41, 5.74) is 0.911. The molecule has 3 heteroatoms. The quantitative estimate of drug-likeness (QED) is 0.802. The highest BCUT2D eigenvalue weighted by molar-refractivity contribution is 5.30. The Morgan fingerprint density at radius 1 is 1.50 bits per heavy atom. The summed E-state index contributed by atoms with van der Waals surface area (Å²) in [5.74, 6) is -0.193. The standard InChI is InChI=1S/C13H18FNO/c1-2-12(16)9-15-13(6-7-13)10-4-3-5-11(14)8-10/h3-5,8,12,15-16H,2,6-7,9H2,1H3/t12-/m1/s1. The minimum absolute atomic E-state index is 0.0851. The van der Waals surface area contributed by atoms with Crippen molar-refractivity contribution >= 4 is 0 Å². The number of hydrogen-bond acceptors (Lipinski definition) is 2. The Hall–Kier alpha value is -0.930. The number of aliphatic hydroxyl groups is 1. The van der Waals surface area contributed by atoms with E-state index in [0.717, 1.165) is 24.8 Å². The largest absolute Gasteiger partial charge is 0.392 e. The van der Waals surface area contributed by atoms with Crippen molar-refractivity contribution in [2.75, 3.05) is 6.54 Å². The molecule has 0 amide bonds. The molecule has 0 spiro atoms. The zero-order valence-corrected chi connectivity index (χ0v) is 9.54. The van der Waals surface area contributed by atoms with E-state index in [1.165, 1.54) is 6.07 Å². The van der Waals surface area contributed by atoms with Gasteiger partial charge in [-0.1, -0.05) is 19.1 Å². The molecule has 0 heterocycles. The molecule has 0 bridgehead atoms. The molecule has 0 radical (unpaired) electrons. The van der Waals surface area contributed by atoms with Crippen LogP contribution in [0.1, 0.15) is 31.7 Å². The van der Waals surface area contributed by atoms with Gasteiger partial charge in [0, 0.05) is 12.1 Å². The molecule has 0 saturated heterocycles. The summed E-state index contributed by atoms with van der Waals surface area (Å²) in [4.78, 5) is 0. The van der Waals surface area contributed by atoms with Crippen molar-refractivity contribution in [1.82, 2.24) is 5.32 Å². The van der Waals surface area contributed by atoms with Crippen LogP contribution in [0.25, 0.3) is 0 Å². The molecule has 2 rings (SSSR count). The maximum atomic E-state index is 13.1. The topological polar surface area (TPSA) is 32.3 Å². The second kappa shape index (κ2) is 4.52. The maximum absolute atomic E-state index is 13.1. The summed E-state index contributed by atoms with van der Waals surface area (Å²) in [5, 5.41) is 12.9. The molecule has 1 aliphatic rings. The summed E-state index contributed by atoms with van der Waals surface area (Å²) >= 11 is 0. The van der Waals surface area contributed by atoms with E-state index in [0.29, 0.717) is 6.54 Å². The van der Waals surface area contributed by atoms with Crippen molar-refractivity contribution in [3.63, 3.8) is 0 Å². The van der Waals surface area contributed by atoms with Crippen LogP contribution >= 0.6 is 0 Å². The fourth-order valence-electron chi connectivity index (χ4n) is 1.94. The Labute approximate surface area is 95.5 Å². The van der Waals surface area contributed by atoms with E-state index in [1.54, 1.807) is 12.1 Å². The first-order valence-electron chi connectivity index (χ1n) is 5.85. The van der Waals surface area contributed by atoms with Gasteiger partial charge in [-0.15, -0.1) is 0 Å². The molecule has 16 heavy (non-hydrogen) atoms. The van der Waals surface area contributed by atoms with Gasteiger partial charge in [-0.3, -0.25) is 0 Å². The van der Waals surface area contributed by atoms with E-state index < -0.39 is 0 Å². The number of benzene rings is 1. The molecule has 1 fully saturated rings. The highest BCUT2D eigenvalue weighted by Gasteiger charge is 2.44. The third kappa shape index (κ3) is 2.42. The molecule has 2 nitrogen and oxygen atoms in total. The van der Waals surface area contributed by atoms with Gasteiger partial charge >= 0.3 is 0 Å². The zero-order valence-electron chi connectivity index (χ0n) is 9.54. The molecule has 0 unspecified atom stereocenters. The van der Waals surface area contributed by atoms with Crippen LogP contribution in [0, 0.1) is 5.82 Å². The Morgan fingerprint density at radius 3 is 2.81 bits per heavy atom. The van der Waals surface area contributed by atoms with E-state index in [-0.39, 0.29) is 17.5 Å². The lowest BCUT2D eigenvalue weighted by Gasteiger charge is -2.20. The van der Waals surface area contributed by atoms with Gasteiger partial charge in [-0.05, 0) is 37.0 Å². The predicted molar refractivity (Wildman–Crippen MR) is 61.6 cm³/mol. The molecule has 2 N–H and O–H groups in total. The van der Waals surface area contributed by atoms with Crippen LogP contribution in [0.5, 0.6) is 0 Å². The van der Waals surface area contributed by atoms with Crippen LogP contribution in [-0.2, 0) is 5.54 Å². The van der Waals surface area contributed by atoms with Gasteiger partial charge in [0.15, 0.2) is 0 Å². The minimum atomic E-state index is -0.314. The SMILES string of the molecule is CC[C@@H](O)CNC1(c2cccc(F)c2)CC1. The van der Waals surface area contributed by atoms with E-state index >= 15 is 0 Å². The first kappa shape index (κ1) is 11.6. The van der Waals surface area contributed by atoms with Crippen LogP contribution in [0.4, 0.5) is 4.39 Å². The highest BCUT2D eigenvalue weighted by atomic mass is 19.1. The van der Waals surface area contributed by atoms with E-state index in [1.807, 2.05) is 13.0 Å². The zero-order chi connectivity index (χ0) is 11.6. The lowest BCUT2D eigenvalue weighted by Crippen LogP contribution is -2.35. The van der Waals surface area contributed by atoms with Crippen LogP contribution in [-0.4, -0.2) is 17.8 Å². The molecular weight excluding hydrogens is 205 g/mol. The average molecular weight is 223 g/mol. The van der Waals surface area contributed by atoms with Gasteiger partial charge in [-0.2, -0.15) is 0 Å². The van der Waals surface area contributed by atoms with Gasteiger partial charge in [0.2, 0.25) is 0 Å². The molecule has 0 aliphatic heterocycles. The fraction of sp³-hybridized carbons (Fsp3) is 0.538. The van der Waals surface area contributed by atoms with Crippen molar-refractivity contribution in [1.29, 1.82) is 0 Å². The van der Waals surface area contributed by atoms with Gasteiger partial charge in [0.25, 0.3) is 0 Å². The van der Waals surface area contributed by atoms with Crippen LogP contribution in [0.2, 0.25) is 0 Å². The van der Waals surface area contributed by atoms with Crippen LogP contribution in [0.15, 0.2) is 24.3 Å². The molecule has 1 aromatic carbocycles. The van der Waals surface area contributed by atoms with Crippen molar-refractivity contribution in [2.24, 2.45) is 0 Å². The summed E-state index contributed by atoms with van der Waals surface area (Å²) in [6.07, 6.45) is 2.47.